The Morgan fingerprint density at radius 3 is 2.28 bits per heavy atom. The molecule has 0 spiro atoms. The molecule has 0 aromatic heterocycles. The summed E-state index contributed by atoms with van der Waals surface area (Å²) < 4.78 is 5.26. The number of para-hydroxylation sites is 2. The highest BCUT2D eigenvalue weighted by molar-refractivity contribution is 7.80. The van der Waals surface area contributed by atoms with E-state index in [1.165, 1.54) is 0 Å². The highest BCUT2D eigenvalue weighted by Gasteiger charge is 2.37. The first-order chi connectivity index (χ1) is 16.9. The van der Waals surface area contributed by atoms with E-state index < -0.39 is 42.2 Å². The molecule has 0 radical (unpaired) electrons. The number of nitrogens with zero attached hydrogens (tertiary/aromatic N) is 1. The lowest BCUT2D eigenvalue weighted by Crippen LogP contribution is -2.53. The third-order valence-corrected chi connectivity index (χ3v) is 5.69. The number of aryl methyl sites for hydroxylation is 2. The number of alkyl carbamates (subject to hydrolysis) is 1. The van der Waals surface area contributed by atoms with Crippen LogP contribution in [0.25, 0.3) is 0 Å². The Morgan fingerprint density at radius 1 is 1.06 bits per heavy atom. The predicted molar refractivity (Wildman–Crippen MR) is 141 cm³/mol. The topological polar surface area (TPSA) is 128 Å². The van der Waals surface area contributed by atoms with Crippen molar-refractivity contribution in [3.8, 4) is 5.75 Å². The second-order valence-electron chi connectivity index (χ2n) is 9.36. The van der Waals surface area contributed by atoms with Gasteiger partial charge in [0.2, 0.25) is 5.91 Å². The van der Waals surface area contributed by atoms with E-state index in [0.717, 1.165) is 10.5 Å². The lowest BCUT2D eigenvalue weighted by molar-refractivity contribution is -0.140. The molecule has 2 unspecified atom stereocenters. The van der Waals surface area contributed by atoms with E-state index in [4.69, 9.17) is 4.74 Å². The van der Waals surface area contributed by atoms with E-state index >= 15 is 0 Å². The monoisotopic (exact) mass is 517 g/mol. The smallest absolute Gasteiger partial charge is 0.408 e. The molecule has 2 rings (SSSR count). The maximum absolute atomic E-state index is 13.6. The zero-order valence-corrected chi connectivity index (χ0v) is 22.1. The van der Waals surface area contributed by atoms with Crippen molar-refractivity contribution < 1.29 is 29.3 Å². The second-order valence-corrected chi connectivity index (χ2v) is 9.72. The number of rotatable bonds is 9. The SMILES string of the molecule is Cc1ccccc1NC(=O)C(c1cccc(C)c1O)N(CCO)C(=O)C(CS)NC(=O)OC(C)(C)C. The van der Waals surface area contributed by atoms with Crippen LogP contribution in [0.2, 0.25) is 0 Å². The third-order valence-electron chi connectivity index (χ3n) is 5.32. The normalized spacial score (nSPS) is 12.9. The molecule has 0 aliphatic carbocycles. The third kappa shape index (κ3) is 7.63. The number of phenols is 1. The van der Waals surface area contributed by atoms with Gasteiger partial charge in [-0.25, -0.2) is 4.79 Å². The summed E-state index contributed by atoms with van der Waals surface area (Å²) in [7, 11) is 0. The Balaban J connectivity index is 2.51. The molecule has 10 heteroatoms. The number of ether oxygens (including phenoxy) is 1. The number of amides is 3. The lowest BCUT2D eigenvalue weighted by Gasteiger charge is -2.34. The molecule has 0 fully saturated rings. The molecule has 196 valence electrons. The van der Waals surface area contributed by atoms with E-state index in [2.05, 4.69) is 23.3 Å². The lowest BCUT2D eigenvalue weighted by atomic mass is 9.99. The van der Waals surface area contributed by atoms with Crippen LogP contribution in [0.4, 0.5) is 10.5 Å². The van der Waals surface area contributed by atoms with Crippen molar-refractivity contribution in [2.45, 2.75) is 52.3 Å². The Labute approximate surface area is 217 Å². The molecule has 2 atom stereocenters. The Kier molecular flexibility index (Phi) is 10.2. The Bertz CT molecular complexity index is 1090. The van der Waals surface area contributed by atoms with Gasteiger partial charge in [-0.2, -0.15) is 12.6 Å². The van der Waals surface area contributed by atoms with Crippen LogP contribution in [-0.2, 0) is 14.3 Å². The van der Waals surface area contributed by atoms with Crippen LogP contribution in [0.5, 0.6) is 5.75 Å². The molecule has 0 aliphatic rings. The van der Waals surface area contributed by atoms with Gasteiger partial charge in [0.05, 0.1) is 6.61 Å². The van der Waals surface area contributed by atoms with Gasteiger partial charge in [-0.1, -0.05) is 36.4 Å². The summed E-state index contributed by atoms with van der Waals surface area (Å²) in [6.07, 6.45) is -0.821. The highest BCUT2D eigenvalue weighted by atomic mass is 32.1. The molecule has 3 amide bonds. The second kappa shape index (κ2) is 12.6. The van der Waals surface area contributed by atoms with Gasteiger partial charge >= 0.3 is 6.09 Å². The first-order valence-electron chi connectivity index (χ1n) is 11.6. The molecule has 2 aromatic rings. The summed E-state index contributed by atoms with van der Waals surface area (Å²) in [5.41, 5.74) is 1.24. The number of benzene rings is 2. The van der Waals surface area contributed by atoms with Crippen molar-refractivity contribution >= 4 is 36.2 Å². The number of aliphatic hydroxyl groups excluding tert-OH is 1. The van der Waals surface area contributed by atoms with Gasteiger partial charge in [0.25, 0.3) is 5.91 Å². The summed E-state index contributed by atoms with van der Waals surface area (Å²) >= 11 is 4.21. The molecular weight excluding hydrogens is 482 g/mol. The van der Waals surface area contributed by atoms with Gasteiger partial charge < -0.3 is 30.5 Å². The number of carbonyl (C=O) groups excluding carboxylic acids is 3. The molecule has 0 saturated carbocycles. The summed E-state index contributed by atoms with van der Waals surface area (Å²) in [5, 5.41) is 25.9. The van der Waals surface area contributed by atoms with Gasteiger partial charge in [-0.05, 0) is 51.8 Å². The molecule has 36 heavy (non-hydrogen) atoms. The van der Waals surface area contributed by atoms with Gasteiger partial charge in [0, 0.05) is 23.5 Å². The average molecular weight is 518 g/mol. The van der Waals surface area contributed by atoms with Gasteiger partial charge in [0.15, 0.2) is 0 Å². The number of anilines is 1. The van der Waals surface area contributed by atoms with E-state index in [9.17, 15) is 24.6 Å². The van der Waals surface area contributed by atoms with E-state index in [1.54, 1.807) is 58.0 Å². The van der Waals surface area contributed by atoms with Crippen LogP contribution in [0.15, 0.2) is 42.5 Å². The number of aliphatic hydroxyl groups is 1. The van der Waals surface area contributed by atoms with Crippen molar-refractivity contribution in [1.82, 2.24) is 10.2 Å². The molecular formula is C26H35N3O6S. The van der Waals surface area contributed by atoms with E-state index in [1.807, 2.05) is 19.1 Å². The molecule has 9 nitrogen and oxygen atoms in total. The summed E-state index contributed by atoms with van der Waals surface area (Å²) in [6.45, 7) is 7.87. The van der Waals surface area contributed by atoms with Crippen LogP contribution >= 0.6 is 12.6 Å². The van der Waals surface area contributed by atoms with E-state index in [0.29, 0.717) is 11.3 Å². The van der Waals surface area contributed by atoms with Crippen LogP contribution in [-0.4, -0.2) is 63.6 Å². The highest BCUT2D eigenvalue weighted by Crippen LogP contribution is 2.33. The minimum Gasteiger partial charge on any atom is -0.507 e. The Morgan fingerprint density at radius 2 is 1.69 bits per heavy atom. The van der Waals surface area contributed by atoms with E-state index in [-0.39, 0.29) is 23.6 Å². The largest absolute Gasteiger partial charge is 0.507 e. The molecule has 4 N–H and O–H groups in total. The minimum absolute atomic E-state index is 0.0913. The number of hydrogen-bond acceptors (Lipinski definition) is 7. The van der Waals surface area contributed by atoms with Gasteiger partial charge in [-0.15, -0.1) is 0 Å². The van der Waals surface area contributed by atoms with Crippen molar-refractivity contribution in [2.75, 3.05) is 24.2 Å². The van der Waals surface area contributed by atoms with Crippen molar-refractivity contribution in [3.05, 3.63) is 59.2 Å². The summed E-state index contributed by atoms with van der Waals surface area (Å²) in [4.78, 5) is 40.8. The quantitative estimate of drug-likeness (QED) is 0.325. The van der Waals surface area contributed by atoms with Gasteiger partial charge in [0.1, 0.15) is 23.4 Å². The van der Waals surface area contributed by atoms with Crippen LogP contribution in [0.1, 0.15) is 43.5 Å². The van der Waals surface area contributed by atoms with Crippen LogP contribution < -0.4 is 10.6 Å². The maximum Gasteiger partial charge on any atom is 0.408 e. The van der Waals surface area contributed by atoms with Crippen LogP contribution in [0.3, 0.4) is 0 Å². The first-order valence-corrected chi connectivity index (χ1v) is 12.2. The zero-order valence-electron chi connectivity index (χ0n) is 21.2. The fraction of sp³-hybridized carbons (Fsp3) is 0.423. The van der Waals surface area contributed by atoms with Crippen molar-refractivity contribution in [3.63, 3.8) is 0 Å². The molecule has 0 aliphatic heterocycles. The standard InChI is InChI=1S/C26H35N3O6S/c1-16-9-6-7-12-19(16)27-23(32)21(18-11-8-10-17(2)22(18)31)29(13-14-30)24(33)20(15-36)28-25(34)35-26(3,4)5/h6-12,20-21,30-31,36H,13-15H2,1-5H3,(H,27,32)(H,28,34). The average Bonchev–Trinajstić information content (AvgIpc) is 2.79. The minimum atomic E-state index is -1.31. The zero-order chi connectivity index (χ0) is 27.0. The first kappa shape index (κ1) is 29.0. The fourth-order valence-electron chi connectivity index (χ4n) is 3.58. The fourth-order valence-corrected chi connectivity index (χ4v) is 3.82. The summed E-state index contributed by atoms with van der Waals surface area (Å²) in [5.74, 6) is -1.51. The van der Waals surface area contributed by atoms with Gasteiger partial charge in [-0.3, -0.25) is 9.59 Å². The molecule has 0 bridgehead atoms. The van der Waals surface area contributed by atoms with Crippen molar-refractivity contribution in [1.29, 1.82) is 0 Å². The van der Waals surface area contributed by atoms with Crippen LogP contribution in [0, 0.1) is 13.8 Å². The number of nitrogens with one attached hydrogen (secondary N) is 2. The molecule has 0 saturated heterocycles. The number of hydrogen-bond donors (Lipinski definition) is 5. The van der Waals surface area contributed by atoms with Crippen molar-refractivity contribution in [2.24, 2.45) is 0 Å². The number of carbonyl (C=O) groups is 3. The summed E-state index contributed by atoms with van der Waals surface area (Å²) in [6, 6.07) is 9.55. The number of aromatic hydroxyl groups is 1. The number of thiol groups is 1. The number of phenolic OH excluding ortho intramolecular Hbond substituents is 1. The predicted octanol–water partition coefficient (Wildman–Crippen LogP) is 3.33. The Hall–Kier alpha value is -3.24. The maximum atomic E-state index is 13.6. The molecule has 2 aromatic carbocycles. The molecule has 0 heterocycles.